The smallest absolute Gasteiger partial charge is 0.241 e. The summed E-state index contributed by atoms with van der Waals surface area (Å²) >= 11 is 0. The number of hydrogen-bond donors (Lipinski definition) is 0. The molecule has 0 N–H and O–H groups in total. The van der Waals surface area contributed by atoms with Gasteiger partial charge in [-0.1, -0.05) is 24.3 Å². The molecule has 16 heteroatoms. The Balaban J connectivity index is 1.54. The van der Waals surface area contributed by atoms with Gasteiger partial charge in [0.15, 0.2) is 0 Å². The van der Waals surface area contributed by atoms with Crippen molar-refractivity contribution in [3.05, 3.63) is 154 Å². The number of nitrogens with zero attached hydrogens (tertiary/aromatic N) is 8. The monoisotopic (exact) mass is 736 g/mol. The van der Waals surface area contributed by atoms with Gasteiger partial charge >= 0.3 is 12.4 Å². The van der Waals surface area contributed by atoms with Crippen LogP contribution in [0.4, 0.5) is 35.1 Å². The minimum absolute atomic E-state index is 0.0590. The summed E-state index contributed by atoms with van der Waals surface area (Å²) in [5.74, 6) is -1.12. The van der Waals surface area contributed by atoms with E-state index in [4.69, 9.17) is 16.5 Å². The first-order chi connectivity index (χ1) is 25.8. The highest BCUT2D eigenvalue weighted by atomic mass is 19.4. The Morgan fingerprint density at radius 1 is 0.481 bits per heavy atom. The molecule has 1 aliphatic rings. The summed E-state index contributed by atoms with van der Waals surface area (Å²) in [6.45, 7) is 7.62. The molecule has 0 saturated carbocycles. The van der Waals surface area contributed by atoms with E-state index in [1.165, 1.54) is 48.5 Å². The van der Waals surface area contributed by atoms with Crippen LogP contribution in [-0.2, 0) is 12.4 Å². The van der Waals surface area contributed by atoms with Gasteiger partial charge in [0.25, 0.3) is 0 Å². The van der Waals surface area contributed by atoms with E-state index in [0.29, 0.717) is 11.1 Å². The van der Waals surface area contributed by atoms with Gasteiger partial charge in [-0.05, 0) is 72.8 Å². The van der Waals surface area contributed by atoms with Gasteiger partial charge in [0.1, 0.15) is 40.1 Å². The summed E-state index contributed by atoms with van der Waals surface area (Å²) in [7, 11) is 0. The van der Waals surface area contributed by atoms with E-state index >= 15 is 0 Å². The lowest BCUT2D eigenvalue weighted by Crippen LogP contribution is -2.29. The summed E-state index contributed by atoms with van der Waals surface area (Å²) in [6, 6.07) is 17.8. The molecule has 2 aromatic heterocycles. The second kappa shape index (κ2) is 13.4. The van der Waals surface area contributed by atoms with Crippen LogP contribution < -0.4 is 0 Å². The molecule has 0 radical (unpaired) electrons. The molecule has 1 aliphatic carbocycles. The van der Waals surface area contributed by atoms with E-state index in [1.54, 1.807) is 6.19 Å². The Bertz CT molecular complexity index is 2400. The molecule has 0 spiro atoms. The Labute approximate surface area is 299 Å². The Hall–Kier alpha value is -7.20. The molecule has 0 bridgehead atoms. The van der Waals surface area contributed by atoms with Crippen LogP contribution in [0.1, 0.15) is 33.9 Å². The summed E-state index contributed by atoms with van der Waals surface area (Å²) in [4.78, 5) is 26.0. The van der Waals surface area contributed by atoms with Crippen molar-refractivity contribution in [1.29, 1.82) is 5.26 Å². The van der Waals surface area contributed by atoms with Crippen molar-refractivity contribution in [3.63, 3.8) is 0 Å². The fraction of sp³-hybridized carbons (Fsp3) is 0.0526. The fourth-order valence-electron chi connectivity index (χ4n) is 5.71. The number of benzene rings is 4. The van der Waals surface area contributed by atoms with Crippen LogP contribution in [0.3, 0.4) is 0 Å². The van der Waals surface area contributed by atoms with Crippen LogP contribution in [0, 0.1) is 29.7 Å². The van der Waals surface area contributed by atoms with Gasteiger partial charge in [0.2, 0.25) is 11.9 Å². The van der Waals surface area contributed by atoms with Gasteiger partial charge in [0, 0.05) is 22.3 Å². The highest BCUT2D eigenvalue weighted by molar-refractivity contribution is 6.29. The predicted molar refractivity (Wildman–Crippen MR) is 179 cm³/mol. The summed E-state index contributed by atoms with van der Waals surface area (Å²) in [5.41, 5.74) is -2.32. The van der Waals surface area contributed by atoms with Gasteiger partial charge in [-0.25, -0.2) is 28.7 Å². The average molecular weight is 737 g/mol. The predicted octanol–water partition coefficient (Wildman–Crippen LogP) is 9.55. The molecular weight excluding hydrogens is 720 g/mol. The van der Waals surface area contributed by atoms with Crippen molar-refractivity contribution >= 4 is 11.4 Å². The van der Waals surface area contributed by atoms with E-state index in [0.717, 1.165) is 48.5 Å². The van der Waals surface area contributed by atoms with Crippen molar-refractivity contribution in [2.45, 2.75) is 12.4 Å². The second-order valence-corrected chi connectivity index (χ2v) is 11.5. The Morgan fingerprint density at radius 2 is 0.778 bits per heavy atom. The minimum Gasteiger partial charge on any atom is -0.241 e. The summed E-state index contributed by atoms with van der Waals surface area (Å²) < 4.78 is 109. The normalized spacial score (nSPS) is 14.0. The maximum Gasteiger partial charge on any atom is 0.416 e. The van der Waals surface area contributed by atoms with Crippen LogP contribution in [0.15, 0.2) is 107 Å². The van der Waals surface area contributed by atoms with E-state index in [1.807, 2.05) is 0 Å². The second-order valence-electron chi connectivity index (χ2n) is 11.5. The van der Waals surface area contributed by atoms with E-state index in [9.17, 15) is 40.4 Å². The van der Waals surface area contributed by atoms with Crippen molar-refractivity contribution in [2.75, 3.05) is 0 Å². The SMILES string of the molecule is [C-]#[N+]/N=C1/c2nc(-c3ccc(F)cc3)c(-c3ccc(F)cc3)nc2/C(=N\C#N)c2nc(-c3ccc(C(F)(F)F)cc3)c(-c3ccc(C(F)(F)F)cc3)nc21. The quantitative estimate of drug-likeness (QED) is 0.0775. The van der Waals surface area contributed by atoms with Gasteiger partial charge in [0.05, 0.1) is 39.0 Å². The highest BCUT2D eigenvalue weighted by Gasteiger charge is 2.38. The molecule has 0 amide bonds. The maximum absolute atomic E-state index is 14.0. The van der Waals surface area contributed by atoms with Crippen molar-refractivity contribution in [2.24, 2.45) is 10.1 Å². The average Bonchev–Trinajstić information content (AvgIpc) is 3.15. The topological polar surface area (TPSA) is 104 Å². The number of aliphatic imine (C=N–C) groups is 1. The molecule has 264 valence electrons. The first kappa shape index (κ1) is 35.2. The molecule has 4 aromatic carbocycles. The van der Waals surface area contributed by atoms with Crippen molar-refractivity contribution in [3.8, 4) is 51.2 Å². The van der Waals surface area contributed by atoms with Gasteiger partial charge in [-0.2, -0.15) is 43.2 Å². The maximum atomic E-state index is 14.0. The molecule has 7 rings (SSSR count). The molecule has 0 fully saturated rings. The number of nitriles is 1. The zero-order valence-electron chi connectivity index (χ0n) is 26.8. The minimum atomic E-state index is -4.69. The van der Waals surface area contributed by atoms with Gasteiger partial charge < -0.3 is 0 Å². The largest absolute Gasteiger partial charge is 0.416 e. The number of aromatic nitrogens is 4. The standard InChI is InChI=1S/C38H16F8N8/c1-48-54-36-34-32(50-27(19-2-10-23(11-3-19)37(41,42)43)28(52-34)20-4-12-24(13-5-20)38(44,45)46)31(49-18-47)33-35(36)53-30(22-8-16-26(40)17-9-22)29(51-33)21-6-14-25(39)15-7-21/h2-17H/b49-31-,54-36+. The Morgan fingerprint density at radius 3 is 1.06 bits per heavy atom. The van der Waals surface area contributed by atoms with Crippen LogP contribution >= 0.6 is 0 Å². The van der Waals surface area contributed by atoms with E-state index in [-0.39, 0.29) is 68.1 Å². The fourth-order valence-corrected chi connectivity index (χ4v) is 5.71. The third-order valence-corrected chi connectivity index (χ3v) is 8.21. The molecule has 6 aromatic rings. The molecule has 0 atom stereocenters. The van der Waals surface area contributed by atoms with Crippen LogP contribution in [0.5, 0.6) is 0 Å². The molecular formula is C38H16F8N8. The third kappa shape index (κ3) is 6.52. The lowest BCUT2D eigenvalue weighted by atomic mass is 9.92. The number of hydrogen-bond acceptors (Lipinski definition) is 7. The van der Waals surface area contributed by atoms with Crippen molar-refractivity contribution < 1.29 is 35.1 Å². The molecule has 0 aliphatic heterocycles. The summed E-state index contributed by atoms with van der Waals surface area (Å²) in [5, 5.41) is 13.8. The zero-order valence-corrected chi connectivity index (χ0v) is 26.8. The highest BCUT2D eigenvalue weighted by Crippen LogP contribution is 2.39. The van der Waals surface area contributed by atoms with Crippen molar-refractivity contribution in [1.82, 2.24) is 19.9 Å². The van der Waals surface area contributed by atoms with E-state index < -0.39 is 35.1 Å². The summed E-state index contributed by atoms with van der Waals surface area (Å²) in [6.07, 6.45) is -7.71. The first-order valence-corrected chi connectivity index (χ1v) is 15.4. The number of fused-ring (bicyclic) bond motifs is 2. The lowest BCUT2D eigenvalue weighted by Gasteiger charge is -2.22. The number of rotatable bonds is 4. The van der Waals surface area contributed by atoms with Gasteiger partial charge in [-0.3, -0.25) is 0 Å². The Kier molecular flexibility index (Phi) is 8.74. The van der Waals surface area contributed by atoms with Gasteiger partial charge in [-0.15, -0.1) is 4.95 Å². The first-order valence-electron chi connectivity index (χ1n) is 15.4. The number of halogens is 8. The van der Waals surface area contributed by atoms with Crippen LogP contribution in [-0.4, -0.2) is 31.4 Å². The third-order valence-electron chi connectivity index (χ3n) is 8.21. The van der Waals surface area contributed by atoms with E-state index in [2.05, 4.69) is 25.0 Å². The molecule has 8 nitrogen and oxygen atoms in total. The lowest BCUT2D eigenvalue weighted by molar-refractivity contribution is -0.138. The molecule has 0 unspecified atom stereocenters. The molecule has 0 saturated heterocycles. The molecule has 2 heterocycles. The van der Waals surface area contributed by atoms with Crippen LogP contribution in [0.2, 0.25) is 0 Å². The zero-order chi connectivity index (χ0) is 38.4. The number of alkyl halides is 6. The van der Waals surface area contributed by atoms with Crippen LogP contribution in [0.25, 0.3) is 50.0 Å². The molecule has 54 heavy (non-hydrogen) atoms.